The van der Waals surface area contributed by atoms with Crippen LogP contribution in [0.1, 0.15) is 0 Å². The summed E-state index contributed by atoms with van der Waals surface area (Å²) in [5.41, 5.74) is 0.720. The zero-order chi connectivity index (χ0) is 14.7. The summed E-state index contributed by atoms with van der Waals surface area (Å²) in [4.78, 5) is 22.9. The molecular formula is C11H11N5O3S. The number of nitro groups is 1. The molecule has 0 unspecified atom stereocenters. The number of rotatable bonds is 3. The highest BCUT2D eigenvalue weighted by Crippen LogP contribution is 2.27. The van der Waals surface area contributed by atoms with E-state index >= 15 is 0 Å². The van der Waals surface area contributed by atoms with Crippen molar-refractivity contribution in [2.75, 3.05) is 19.4 Å². The molecule has 9 heteroatoms. The quantitative estimate of drug-likeness (QED) is 0.690. The van der Waals surface area contributed by atoms with Crippen LogP contribution in [-0.4, -0.2) is 40.1 Å². The van der Waals surface area contributed by atoms with E-state index in [1.807, 2.05) is 0 Å². The largest absolute Gasteiger partial charge is 0.331 e. The molecule has 2 amide bonds. The highest BCUT2D eigenvalue weighted by molar-refractivity contribution is 7.18. The molecule has 20 heavy (non-hydrogen) atoms. The van der Waals surface area contributed by atoms with Crippen LogP contribution in [0, 0.1) is 10.1 Å². The minimum atomic E-state index is -0.466. The zero-order valence-corrected chi connectivity index (χ0v) is 11.5. The highest BCUT2D eigenvalue weighted by Gasteiger charge is 2.12. The molecule has 1 aromatic heterocycles. The first kappa shape index (κ1) is 13.9. The molecule has 0 spiro atoms. The summed E-state index contributed by atoms with van der Waals surface area (Å²) in [5, 5.41) is 21.9. The Morgan fingerprint density at radius 1 is 1.30 bits per heavy atom. The zero-order valence-electron chi connectivity index (χ0n) is 10.7. The second-order valence-corrected chi connectivity index (χ2v) is 5.02. The first-order chi connectivity index (χ1) is 9.47. The number of carbonyl (C=O) groups is 1. The van der Waals surface area contributed by atoms with Crippen LogP contribution in [0.5, 0.6) is 0 Å². The van der Waals surface area contributed by atoms with Crippen molar-refractivity contribution in [2.45, 2.75) is 0 Å². The number of nitro benzene ring substituents is 1. The summed E-state index contributed by atoms with van der Waals surface area (Å²) in [6.07, 6.45) is 0. The molecule has 1 heterocycles. The standard InChI is InChI=1S/C11H11N5O3S/c1-15(2)11(17)12-10-14-13-9(20-10)7-3-5-8(6-4-7)16(18)19/h3-6H,1-2H3,(H,12,14,17). The second-order valence-electron chi connectivity index (χ2n) is 4.04. The van der Waals surface area contributed by atoms with Crippen molar-refractivity contribution in [3.63, 3.8) is 0 Å². The van der Waals surface area contributed by atoms with Gasteiger partial charge in [-0.3, -0.25) is 15.4 Å². The van der Waals surface area contributed by atoms with E-state index in [4.69, 9.17) is 0 Å². The van der Waals surface area contributed by atoms with Crippen molar-refractivity contribution in [2.24, 2.45) is 0 Å². The van der Waals surface area contributed by atoms with Crippen molar-refractivity contribution < 1.29 is 9.72 Å². The molecule has 1 aromatic carbocycles. The minimum Gasteiger partial charge on any atom is -0.331 e. The van der Waals surface area contributed by atoms with Crippen LogP contribution >= 0.6 is 11.3 Å². The van der Waals surface area contributed by atoms with E-state index in [9.17, 15) is 14.9 Å². The van der Waals surface area contributed by atoms with Crippen LogP contribution in [0.25, 0.3) is 10.6 Å². The Kier molecular flexibility index (Phi) is 3.89. The molecule has 2 rings (SSSR count). The van der Waals surface area contributed by atoms with Gasteiger partial charge in [-0.2, -0.15) is 0 Å². The van der Waals surface area contributed by atoms with Gasteiger partial charge in [-0.15, -0.1) is 10.2 Å². The summed E-state index contributed by atoms with van der Waals surface area (Å²) in [6.45, 7) is 0. The van der Waals surface area contributed by atoms with Crippen molar-refractivity contribution >= 4 is 28.2 Å². The maximum Gasteiger partial charge on any atom is 0.323 e. The maximum atomic E-state index is 11.5. The van der Waals surface area contributed by atoms with Crippen LogP contribution in [0.2, 0.25) is 0 Å². The van der Waals surface area contributed by atoms with E-state index in [0.29, 0.717) is 15.7 Å². The van der Waals surface area contributed by atoms with Crippen molar-refractivity contribution in [3.05, 3.63) is 34.4 Å². The number of hydrogen-bond donors (Lipinski definition) is 1. The lowest BCUT2D eigenvalue weighted by Crippen LogP contribution is -2.27. The number of carbonyl (C=O) groups excluding carboxylic acids is 1. The molecule has 0 fully saturated rings. The Morgan fingerprint density at radius 3 is 2.50 bits per heavy atom. The van der Waals surface area contributed by atoms with E-state index in [2.05, 4.69) is 15.5 Å². The number of nitrogens with zero attached hydrogens (tertiary/aromatic N) is 4. The summed E-state index contributed by atoms with van der Waals surface area (Å²) in [5.74, 6) is 0. The summed E-state index contributed by atoms with van der Waals surface area (Å²) in [7, 11) is 3.24. The average Bonchev–Trinajstić information content (AvgIpc) is 2.87. The van der Waals surface area contributed by atoms with Gasteiger partial charge >= 0.3 is 6.03 Å². The van der Waals surface area contributed by atoms with Gasteiger partial charge in [0.05, 0.1) is 4.92 Å². The van der Waals surface area contributed by atoms with E-state index in [-0.39, 0.29) is 11.7 Å². The van der Waals surface area contributed by atoms with Crippen molar-refractivity contribution in [3.8, 4) is 10.6 Å². The molecule has 0 bridgehead atoms. The van der Waals surface area contributed by atoms with Crippen molar-refractivity contribution in [1.82, 2.24) is 15.1 Å². The molecule has 0 atom stereocenters. The number of hydrogen-bond acceptors (Lipinski definition) is 6. The van der Waals surface area contributed by atoms with Gasteiger partial charge in [0.2, 0.25) is 5.13 Å². The predicted molar refractivity (Wildman–Crippen MR) is 74.7 cm³/mol. The number of anilines is 1. The van der Waals surface area contributed by atoms with E-state index in [1.54, 1.807) is 26.2 Å². The lowest BCUT2D eigenvalue weighted by molar-refractivity contribution is -0.384. The smallest absolute Gasteiger partial charge is 0.323 e. The summed E-state index contributed by atoms with van der Waals surface area (Å²) < 4.78 is 0. The third-order valence-corrected chi connectivity index (χ3v) is 3.26. The highest BCUT2D eigenvalue weighted by atomic mass is 32.1. The third kappa shape index (κ3) is 3.06. The molecule has 0 saturated heterocycles. The minimum absolute atomic E-state index is 0.0133. The lowest BCUT2D eigenvalue weighted by Gasteiger charge is -2.08. The maximum absolute atomic E-state index is 11.5. The third-order valence-electron chi connectivity index (χ3n) is 2.37. The molecule has 8 nitrogen and oxygen atoms in total. The monoisotopic (exact) mass is 293 g/mol. The van der Waals surface area contributed by atoms with Crippen LogP contribution in [0.4, 0.5) is 15.6 Å². The number of non-ortho nitro benzene ring substituents is 1. The Morgan fingerprint density at radius 2 is 1.95 bits per heavy atom. The lowest BCUT2D eigenvalue weighted by atomic mass is 10.2. The van der Waals surface area contributed by atoms with Gasteiger partial charge < -0.3 is 4.90 Å². The van der Waals surface area contributed by atoms with Gasteiger partial charge in [-0.1, -0.05) is 11.3 Å². The van der Waals surface area contributed by atoms with E-state index < -0.39 is 4.92 Å². The van der Waals surface area contributed by atoms with Crippen LogP contribution in [0.15, 0.2) is 24.3 Å². The van der Waals surface area contributed by atoms with Crippen LogP contribution in [-0.2, 0) is 0 Å². The predicted octanol–water partition coefficient (Wildman–Crippen LogP) is 2.21. The summed E-state index contributed by atoms with van der Waals surface area (Å²) in [6, 6.07) is 5.69. The van der Waals surface area contributed by atoms with E-state index in [1.165, 1.54) is 28.4 Å². The number of aromatic nitrogens is 2. The Labute approximate surface area is 118 Å². The number of amides is 2. The normalized spacial score (nSPS) is 10.1. The van der Waals surface area contributed by atoms with Gasteiger partial charge in [-0.25, -0.2) is 4.79 Å². The number of benzene rings is 1. The summed E-state index contributed by atoms with van der Waals surface area (Å²) >= 11 is 1.20. The van der Waals surface area contributed by atoms with Gasteiger partial charge in [0.1, 0.15) is 5.01 Å². The molecule has 0 radical (unpaired) electrons. The van der Waals surface area contributed by atoms with Gasteiger partial charge in [0, 0.05) is 31.8 Å². The van der Waals surface area contributed by atoms with Crippen LogP contribution < -0.4 is 5.32 Å². The molecule has 2 aromatic rings. The van der Waals surface area contributed by atoms with Gasteiger partial charge in [0.15, 0.2) is 0 Å². The second kappa shape index (κ2) is 5.61. The topological polar surface area (TPSA) is 101 Å². The molecule has 0 aliphatic rings. The Balaban J connectivity index is 2.16. The van der Waals surface area contributed by atoms with E-state index in [0.717, 1.165) is 0 Å². The fourth-order valence-corrected chi connectivity index (χ4v) is 2.06. The molecule has 104 valence electrons. The molecule has 0 saturated carbocycles. The molecule has 0 aliphatic carbocycles. The Hall–Kier alpha value is -2.55. The molecule has 0 aliphatic heterocycles. The van der Waals surface area contributed by atoms with Gasteiger partial charge in [-0.05, 0) is 12.1 Å². The fraction of sp³-hybridized carbons (Fsp3) is 0.182. The fourth-order valence-electron chi connectivity index (χ4n) is 1.32. The number of urea groups is 1. The van der Waals surface area contributed by atoms with Gasteiger partial charge in [0.25, 0.3) is 5.69 Å². The SMILES string of the molecule is CN(C)C(=O)Nc1nnc(-c2ccc([N+](=O)[O-])cc2)s1. The Bertz CT molecular complexity index is 638. The average molecular weight is 293 g/mol. The van der Waals surface area contributed by atoms with Crippen LogP contribution in [0.3, 0.4) is 0 Å². The first-order valence-electron chi connectivity index (χ1n) is 5.54. The number of nitrogens with one attached hydrogen (secondary N) is 1. The molecule has 1 N–H and O–H groups in total. The first-order valence-corrected chi connectivity index (χ1v) is 6.35. The molecular weight excluding hydrogens is 282 g/mol. The van der Waals surface area contributed by atoms with Crippen molar-refractivity contribution in [1.29, 1.82) is 0 Å².